The van der Waals surface area contributed by atoms with Crippen LogP contribution in [0.3, 0.4) is 0 Å². The Hall–Kier alpha value is -1.42. The summed E-state index contributed by atoms with van der Waals surface area (Å²) in [5, 5.41) is 2.99. The molecule has 0 aromatic heterocycles. The smallest absolute Gasteiger partial charge is 0.227 e. The highest BCUT2D eigenvalue weighted by Crippen LogP contribution is 2.49. The number of nitrogen functional groups attached to an aromatic ring is 1. The number of ether oxygens (including phenoxy) is 1. The fourth-order valence-corrected chi connectivity index (χ4v) is 3.65. The molecule has 2 saturated carbocycles. The summed E-state index contributed by atoms with van der Waals surface area (Å²) >= 11 is 0. The van der Waals surface area contributed by atoms with Gasteiger partial charge in [0.25, 0.3) is 0 Å². The van der Waals surface area contributed by atoms with Crippen LogP contribution in [0.15, 0.2) is 18.2 Å². The zero-order valence-electron chi connectivity index (χ0n) is 13.0. The third-order valence-electron chi connectivity index (χ3n) is 4.93. The average Bonchev–Trinajstić information content (AvgIpc) is 3.29. The summed E-state index contributed by atoms with van der Waals surface area (Å²) in [7, 11) is 1.59. The number of nitrogens with one attached hydrogen (secondary N) is 1. The maximum Gasteiger partial charge on any atom is 0.227 e. The Morgan fingerprint density at radius 3 is 2.64 bits per heavy atom. The molecule has 1 aromatic rings. The van der Waals surface area contributed by atoms with Gasteiger partial charge in [0.15, 0.2) is 0 Å². The van der Waals surface area contributed by atoms with Crippen LogP contribution in [0.1, 0.15) is 38.5 Å². The van der Waals surface area contributed by atoms with Gasteiger partial charge in [0.1, 0.15) is 5.75 Å². The summed E-state index contributed by atoms with van der Waals surface area (Å²) in [5.41, 5.74) is 7.18. The van der Waals surface area contributed by atoms with Crippen LogP contribution in [0.4, 0.5) is 11.4 Å². The standard InChI is InChI=1S/C17H24N2O2.ClH/c1-21-16-8-7-12(9-15(16)18)19-17(20)14-10-13(14)11-5-3-2-4-6-11;/h7-9,11,13-14H,2-6,10,18H2,1H3,(H,19,20);1H. The van der Waals surface area contributed by atoms with Crippen LogP contribution in [0.5, 0.6) is 5.75 Å². The van der Waals surface area contributed by atoms with Gasteiger partial charge in [-0.2, -0.15) is 0 Å². The molecular formula is C17H25ClN2O2. The van der Waals surface area contributed by atoms with Crippen LogP contribution >= 0.6 is 12.4 Å². The predicted octanol–water partition coefficient (Wildman–Crippen LogP) is 3.85. The number of carbonyl (C=O) groups excluding carboxylic acids is 1. The first-order valence-electron chi connectivity index (χ1n) is 7.93. The van der Waals surface area contributed by atoms with Crippen molar-refractivity contribution < 1.29 is 9.53 Å². The molecule has 22 heavy (non-hydrogen) atoms. The normalized spacial score (nSPS) is 24.2. The molecule has 2 unspecified atom stereocenters. The SMILES string of the molecule is COc1ccc(NC(=O)C2CC2C2CCCCC2)cc1N.Cl. The van der Waals surface area contributed by atoms with Crippen LogP contribution in [0.2, 0.25) is 0 Å². The second-order valence-electron chi connectivity index (χ2n) is 6.35. The van der Waals surface area contributed by atoms with E-state index in [0.29, 0.717) is 17.4 Å². The Bertz CT molecular complexity index is 529. The van der Waals surface area contributed by atoms with E-state index in [-0.39, 0.29) is 24.2 Å². The Morgan fingerprint density at radius 2 is 2.00 bits per heavy atom. The third-order valence-corrected chi connectivity index (χ3v) is 4.93. The van der Waals surface area contributed by atoms with Crippen molar-refractivity contribution in [3.8, 4) is 5.75 Å². The lowest BCUT2D eigenvalue weighted by molar-refractivity contribution is -0.117. The van der Waals surface area contributed by atoms with Crippen molar-refractivity contribution in [1.82, 2.24) is 0 Å². The second kappa shape index (κ2) is 7.23. The number of nitrogens with two attached hydrogens (primary N) is 1. The summed E-state index contributed by atoms with van der Waals surface area (Å²) in [6.07, 6.45) is 7.72. The minimum atomic E-state index is 0. The van der Waals surface area contributed by atoms with Gasteiger partial charge in [-0.15, -0.1) is 12.4 Å². The second-order valence-corrected chi connectivity index (χ2v) is 6.35. The van der Waals surface area contributed by atoms with Gasteiger partial charge in [-0.3, -0.25) is 4.79 Å². The first-order chi connectivity index (χ1) is 10.2. The molecule has 0 radical (unpaired) electrons. The minimum Gasteiger partial charge on any atom is -0.495 e. The molecular weight excluding hydrogens is 300 g/mol. The average molecular weight is 325 g/mol. The first-order valence-corrected chi connectivity index (χ1v) is 7.93. The molecule has 4 nitrogen and oxygen atoms in total. The highest BCUT2D eigenvalue weighted by molar-refractivity contribution is 5.95. The number of benzene rings is 1. The van der Waals surface area contributed by atoms with Crippen LogP contribution in [0, 0.1) is 17.8 Å². The molecule has 1 aromatic carbocycles. The van der Waals surface area contributed by atoms with E-state index in [1.165, 1.54) is 32.1 Å². The molecule has 0 saturated heterocycles. The van der Waals surface area contributed by atoms with Crippen LogP contribution in [-0.4, -0.2) is 13.0 Å². The summed E-state index contributed by atoms with van der Waals surface area (Å²) < 4.78 is 5.12. The summed E-state index contributed by atoms with van der Waals surface area (Å²) in [5.74, 6) is 2.38. The molecule has 3 rings (SSSR count). The molecule has 122 valence electrons. The van der Waals surface area contributed by atoms with Crippen molar-refractivity contribution >= 4 is 29.7 Å². The van der Waals surface area contributed by atoms with E-state index in [1.807, 2.05) is 6.07 Å². The molecule has 3 N–H and O–H groups in total. The van der Waals surface area contributed by atoms with Crippen LogP contribution in [-0.2, 0) is 4.79 Å². The maximum absolute atomic E-state index is 12.3. The summed E-state index contributed by atoms with van der Waals surface area (Å²) in [6.45, 7) is 0. The molecule has 1 amide bonds. The van der Waals surface area contributed by atoms with Crippen molar-refractivity contribution in [2.75, 3.05) is 18.2 Å². The third kappa shape index (κ3) is 3.67. The Balaban J connectivity index is 0.00000176. The zero-order valence-corrected chi connectivity index (χ0v) is 13.8. The Morgan fingerprint density at radius 1 is 1.27 bits per heavy atom. The van der Waals surface area contributed by atoms with Crippen molar-refractivity contribution in [1.29, 1.82) is 0 Å². The lowest BCUT2D eigenvalue weighted by atomic mass is 9.85. The van der Waals surface area contributed by atoms with Gasteiger partial charge in [0.05, 0.1) is 12.8 Å². The van der Waals surface area contributed by atoms with Gasteiger partial charge in [-0.05, 0) is 36.5 Å². The highest BCUT2D eigenvalue weighted by Gasteiger charge is 2.47. The molecule has 5 heteroatoms. The van der Waals surface area contributed by atoms with Crippen molar-refractivity contribution in [2.45, 2.75) is 38.5 Å². The molecule has 0 bridgehead atoms. The Kier molecular flexibility index (Phi) is 5.57. The number of hydrogen-bond donors (Lipinski definition) is 2. The van der Waals surface area contributed by atoms with E-state index in [4.69, 9.17) is 10.5 Å². The van der Waals surface area contributed by atoms with Gasteiger partial charge in [-0.1, -0.05) is 32.1 Å². The number of carbonyl (C=O) groups is 1. The highest BCUT2D eigenvalue weighted by atomic mass is 35.5. The monoisotopic (exact) mass is 324 g/mol. The number of halogens is 1. The van der Waals surface area contributed by atoms with Gasteiger partial charge in [0.2, 0.25) is 5.91 Å². The molecule has 2 fully saturated rings. The van der Waals surface area contributed by atoms with Crippen LogP contribution in [0.25, 0.3) is 0 Å². The quantitative estimate of drug-likeness (QED) is 0.827. The van der Waals surface area contributed by atoms with E-state index in [2.05, 4.69) is 5.32 Å². The van der Waals surface area contributed by atoms with Gasteiger partial charge in [0, 0.05) is 11.6 Å². The number of anilines is 2. The lowest BCUT2D eigenvalue weighted by Gasteiger charge is -2.21. The summed E-state index contributed by atoms with van der Waals surface area (Å²) in [6, 6.07) is 5.39. The fraction of sp³-hybridized carbons (Fsp3) is 0.588. The first kappa shape index (κ1) is 16.9. The maximum atomic E-state index is 12.3. The largest absolute Gasteiger partial charge is 0.495 e. The molecule has 2 aliphatic carbocycles. The molecule has 0 spiro atoms. The fourth-order valence-electron chi connectivity index (χ4n) is 3.65. The van der Waals surface area contributed by atoms with Gasteiger partial charge < -0.3 is 15.8 Å². The van der Waals surface area contributed by atoms with Gasteiger partial charge >= 0.3 is 0 Å². The van der Waals surface area contributed by atoms with E-state index in [1.54, 1.807) is 19.2 Å². The number of rotatable bonds is 4. The number of methoxy groups -OCH3 is 1. The number of hydrogen-bond acceptors (Lipinski definition) is 3. The van der Waals surface area contributed by atoms with E-state index in [0.717, 1.165) is 18.0 Å². The van der Waals surface area contributed by atoms with Gasteiger partial charge in [-0.25, -0.2) is 0 Å². The van der Waals surface area contributed by atoms with E-state index < -0.39 is 0 Å². The van der Waals surface area contributed by atoms with Crippen LogP contribution < -0.4 is 15.8 Å². The lowest BCUT2D eigenvalue weighted by Crippen LogP contribution is -2.18. The molecule has 2 atom stereocenters. The Labute approximate surface area is 138 Å². The molecule has 0 heterocycles. The van der Waals surface area contributed by atoms with Crippen molar-refractivity contribution in [3.63, 3.8) is 0 Å². The molecule has 0 aliphatic heterocycles. The predicted molar refractivity (Wildman–Crippen MR) is 91.5 cm³/mol. The topological polar surface area (TPSA) is 64.3 Å². The van der Waals surface area contributed by atoms with Crippen molar-refractivity contribution in [3.05, 3.63) is 18.2 Å². The summed E-state index contributed by atoms with van der Waals surface area (Å²) in [4.78, 5) is 12.3. The minimum absolute atomic E-state index is 0. The van der Waals surface area contributed by atoms with E-state index >= 15 is 0 Å². The van der Waals surface area contributed by atoms with Crippen molar-refractivity contribution in [2.24, 2.45) is 17.8 Å². The van der Waals surface area contributed by atoms with E-state index in [9.17, 15) is 4.79 Å². The molecule has 2 aliphatic rings. The zero-order chi connectivity index (χ0) is 14.8. The number of amides is 1.